The third-order valence-electron chi connectivity index (χ3n) is 12.9. The normalized spacial score (nSPS) is 14.5. The Morgan fingerprint density at radius 3 is 1.52 bits per heavy atom. The van der Waals surface area contributed by atoms with E-state index >= 15 is 0 Å². The van der Waals surface area contributed by atoms with Gasteiger partial charge in [-0.3, -0.25) is 14.9 Å². The summed E-state index contributed by atoms with van der Waals surface area (Å²) in [5.41, 5.74) is 10.4. The smallest absolute Gasteiger partial charge is 0.412 e. The molecule has 3 aliphatic rings. The standard InChI is InChI=1S/C26H30N4O4.C20H21N5O2.C11H15N3O2/c1-26(2,3)34-25(32)29-20-10-9-18(23-8-7-13-33-23)14-19(20)15-22(31)21-16-28-24(17-27-21)30-11-5-4-6-12-30;21-16-4-3-14(19-2-1-9-27-19)10-15(16)11-18(26)17-12-24-20(13-23-17)25-7-5-22-6-8-25;1-16-11(15)9-7-13-10(8-12-9)14-5-3-2-4-6-14/h7-10,13-14,16-17H,4-6,11-12,15H2,1-3H3,(H,29,32);1-4,9-10,12-13,22H,5-8,11,21H2;7-8H,2-6H2,1H3. The summed E-state index contributed by atoms with van der Waals surface area (Å²) in [6.07, 6.45) is 19.5. The Morgan fingerprint density at radius 1 is 0.597 bits per heavy atom. The molecule has 8 heterocycles. The fraction of sp³-hybridized carbons (Fsp3) is 0.368. The number of benzene rings is 2. The molecular weight excluding hydrogens is 981 g/mol. The minimum atomic E-state index is -0.639. The summed E-state index contributed by atoms with van der Waals surface area (Å²) in [7, 11) is 1.34. The average molecular weight is 1050 g/mol. The van der Waals surface area contributed by atoms with Crippen LogP contribution in [0.2, 0.25) is 0 Å². The predicted octanol–water partition coefficient (Wildman–Crippen LogP) is 8.91. The van der Waals surface area contributed by atoms with Crippen molar-refractivity contribution >= 4 is 52.5 Å². The molecule has 0 radical (unpaired) electrons. The number of carbonyl (C=O) groups is 4. The molecule has 20 heteroatoms. The van der Waals surface area contributed by atoms with Crippen LogP contribution in [0.5, 0.6) is 0 Å². The summed E-state index contributed by atoms with van der Waals surface area (Å²) in [5.74, 6) is 3.09. The zero-order valence-electron chi connectivity index (χ0n) is 44.1. The van der Waals surface area contributed by atoms with Crippen LogP contribution in [-0.4, -0.2) is 119 Å². The lowest BCUT2D eigenvalue weighted by atomic mass is 10.0. The number of piperidine rings is 2. The number of nitrogen functional groups attached to an aromatic ring is 1. The Bertz CT molecular complexity index is 3020. The zero-order chi connectivity index (χ0) is 54.2. The molecule has 4 N–H and O–H groups in total. The number of anilines is 5. The molecule has 0 bridgehead atoms. The Hall–Kier alpha value is -8.52. The highest BCUT2D eigenvalue weighted by atomic mass is 16.6. The van der Waals surface area contributed by atoms with Crippen LogP contribution in [0, 0.1) is 0 Å². The van der Waals surface area contributed by atoms with Gasteiger partial charge in [0.15, 0.2) is 17.3 Å². The molecule has 0 saturated carbocycles. The molecule has 5 aromatic heterocycles. The van der Waals surface area contributed by atoms with E-state index in [1.165, 1.54) is 45.2 Å². The number of aromatic nitrogens is 6. The fourth-order valence-electron chi connectivity index (χ4n) is 8.85. The second kappa shape index (κ2) is 26.3. The van der Waals surface area contributed by atoms with Crippen molar-refractivity contribution in [3.63, 3.8) is 0 Å². The van der Waals surface area contributed by atoms with Crippen molar-refractivity contribution in [2.75, 3.05) is 85.2 Å². The molecule has 2 aromatic carbocycles. The highest BCUT2D eigenvalue weighted by Crippen LogP contribution is 2.29. The number of ether oxygens (including phenoxy) is 2. The highest BCUT2D eigenvalue weighted by Gasteiger charge is 2.22. The van der Waals surface area contributed by atoms with Gasteiger partial charge in [0.2, 0.25) is 0 Å². The number of furan rings is 2. The number of amides is 1. The van der Waals surface area contributed by atoms with Gasteiger partial charge in [-0.25, -0.2) is 39.5 Å². The lowest BCUT2D eigenvalue weighted by Crippen LogP contribution is -2.43. The van der Waals surface area contributed by atoms with Gasteiger partial charge in [-0.15, -0.1) is 0 Å². The number of nitrogens with zero attached hydrogens (tertiary/aromatic N) is 9. The first-order chi connectivity index (χ1) is 37.3. The van der Waals surface area contributed by atoms with Crippen molar-refractivity contribution in [3.8, 4) is 22.6 Å². The van der Waals surface area contributed by atoms with Crippen LogP contribution in [0.1, 0.15) is 102 Å². The van der Waals surface area contributed by atoms with Crippen LogP contribution in [0.15, 0.2) is 119 Å². The van der Waals surface area contributed by atoms with Crippen molar-refractivity contribution in [1.82, 2.24) is 35.2 Å². The van der Waals surface area contributed by atoms with E-state index < -0.39 is 17.7 Å². The van der Waals surface area contributed by atoms with Gasteiger partial charge in [-0.1, -0.05) is 0 Å². The first-order valence-corrected chi connectivity index (χ1v) is 26.0. The molecule has 0 unspecified atom stereocenters. The topological polar surface area (TPSA) is 250 Å². The van der Waals surface area contributed by atoms with Crippen LogP contribution in [0.4, 0.5) is 33.6 Å². The van der Waals surface area contributed by atoms with Crippen LogP contribution in [0.3, 0.4) is 0 Å². The average Bonchev–Trinajstić information content (AvgIpc) is 4.22. The molecule has 3 fully saturated rings. The number of nitrogens with one attached hydrogen (secondary N) is 2. The predicted molar refractivity (Wildman–Crippen MR) is 293 cm³/mol. The molecule has 402 valence electrons. The molecule has 20 nitrogen and oxygen atoms in total. The van der Waals surface area contributed by atoms with Crippen molar-refractivity contribution in [1.29, 1.82) is 0 Å². The minimum absolute atomic E-state index is 0.0391. The maximum Gasteiger partial charge on any atom is 0.412 e. The molecule has 0 spiro atoms. The maximum absolute atomic E-state index is 13.1. The number of ketones is 2. The summed E-state index contributed by atoms with van der Waals surface area (Å²) in [6.45, 7) is 13.0. The quantitative estimate of drug-likeness (QED) is 0.0554. The third-order valence-corrected chi connectivity index (χ3v) is 12.9. The largest absolute Gasteiger partial charge is 0.464 e. The summed E-state index contributed by atoms with van der Waals surface area (Å²) in [6, 6.07) is 18.3. The summed E-state index contributed by atoms with van der Waals surface area (Å²) >= 11 is 0. The van der Waals surface area contributed by atoms with E-state index in [-0.39, 0.29) is 35.8 Å². The Balaban J connectivity index is 0.000000162. The fourth-order valence-corrected chi connectivity index (χ4v) is 8.85. The molecule has 0 aliphatic carbocycles. The molecule has 3 saturated heterocycles. The molecule has 77 heavy (non-hydrogen) atoms. The van der Waals surface area contributed by atoms with Crippen LogP contribution in [0.25, 0.3) is 22.6 Å². The summed E-state index contributed by atoms with van der Waals surface area (Å²) in [5, 5.41) is 6.06. The number of hydrogen-bond donors (Lipinski definition) is 3. The van der Waals surface area contributed by atoms with Crippen molar-refractivity contribution in [3.05, 3.63) is 139 Å². The molecule has 7 aromatic rings. The van der Waals surface area contributed by atoms with Crippen LogP contribution < -0.4 is 31.1 Å². The van der Waals surface area contributed by atoms with Crippen molar-refractivity contribution in [2.24, 2.45) is 0 Å². The SMILES string of the molecule is CC(C)(C)OC(=O)Nc1ccc(-c2ccco2)cc1CC(=O)c1cnc(N2CCCCC2)cn1.COC(=O)c1cnc(N2CCCCC2)cn1.Nc1ccc(-c2ccco2)cc1CC(=O)c1cnc(N2CCNCC2)cn1. The molecular formula is C57H66N12O8. The minimum Gasteiger partial charge on any atom is -0.464 e. The van der Waals surface area contributed by atoms with Gasteiger partial charge in [0.1, 0.15) is 46.0 Å². The Labute approximate surface area is 447 Å². The molecule has 3 aliphatic heterocycles. The van der Waals surface area contributed by atoms with E-state index in [9.17, 15) is 19.2 Å². The van der Waals surface area contributed by atoms with E-state index in [0.717, 1.165) is 105 Å². The first kappa shape index (κ1) is 54.7. The number of hydrogen-bond acceptors (Lipinski definition) is 19. The maximum atomic E-state index is 13.1. The van der Waals surface area contributed by atoms with E-state index in [1.54, 1.807) is 76.3 Å². The van der Waals surface area contributed by atoms with E-state index in [0.29, 0.717) is 28.4 Å². The monoisotopic (exact) mass is 1050 g/mol. The third kappa shape index (κ3) is 15.5. The zero-order valence-corrected chi connectivity index (χ0v) is 44.1. The number of piperazine rings is 1. The van der Waals surface area contributed by atoms with Gasteiger partial charge in [-0.2, -0.15) is 0 Å². The van der Waals surface area contributed by atoms with Crippen LogP contribution in [-0.2, 0) is 22.3 Å². The van der Waals surface area contributed by atoms with E-state index in [1.807, 2.05) is 42.5 Å². The van der Waals surface area contributed by atoms with E-state index in [4.69, 9.17) is 19.3 Å². The second-order valence-corrected chi connectivity index (χ2v) is 19.7. The van der Waals surface area contributed by atoms with Gasteiger partial charge < -0.3 is 44.1 Å². The van der Waals surface area contributed by atoms with Gasteiger partial charge >= 0.3 is 12.1 Å². The first-order valence-electron chi connectivity index (χ1n) is 26.0. The van der Waals surface area contributed by atoms with Crippen LogP contribution >= 0.6 is 0 Å². The number of rotatable bonds is 13. The Morgan fingerprint density at radius 2 is 1.06 bits per heavy atom. The number of nitrogens with two attached hydrogens (primary N) is 1. The number of Topliss-reactive ketones (excluding diaryl/α,β-unsaturated/α-hetero) is 2. The highest BCUT2D eigenvalue weighted by molar-refractivity contribution is 5.98. The lowest BCUT2D eigenvalue weighted by molar-refractivity contribution is 0.0591. The van der Waals surface area contributed by atoms with Gasteiger partial charge in [0.25, 0.3) is 0 Å². The van der Waals surface area contributed by atoms with Gasteiger partial charge in [-0.05, 0) is 131 Å². The Kier molecular flexibility index (Phi) is 18.7. The number of carbonyl (C=O) groups excluding carboxylic acids is 4. The van der Waals surface area contributed by atoms with Gasteiger partial charge in [0, 0.05) is 87.7 Å². The van der Waals surface area contributed by atoms with Gasteiger partial charge in [0.05, 0.1) is 56.8 Å². The van der Waals surface area contributed by atoms with E-state index in [2.05, 4.69) is 60.0 Å². The molecule has 10 rings (SSSR count). The lowest BCUT2D eigenvalue weighted by Gasteiger charge is -2.27. The molecule has 1 amide bonds. The summed E-state index contributed by atoms with van der Waals surface area (Å²) in [4.78, 5) is 81.7. The van der Waals surface area contributed by atoms with Crippen molar-refractivity contribution < 1.29 is 37.5 Å². The molecule has 0 atom stereocenters. The van der Waals surface area contributed by atoms with Crippen molar-refractivity contribution in [2.45, 2.75) is 77.7 Å². The number of methoxy groups -OCH3 is 1. The summed E-state index contributed by atoms with van der Waals surface area (Å²) < 4.78 is 20.9. The second-order valence-electron chi connectivity index (χ2n) is 19.7. The number of esters is 1.